The second kappa shape index (κ2) is 6.50. The molecule has 1 heterocycles. The molecule has 1 rings (SSSR count). The molecule has 5 heteroatoms. The summed E-state index contributed by atoms with van der Waals surface area (Å²) in [6, 6.07) is 0. The van der Waals surface area contributed by atoms with Crippen LogP contribution in [-0.4, -0.2) is 54.4 Å². The maximum Gasteiger partial charge on any atom is 0.225 e. The summed E-state index contributed by atoms with van der Waals surface area (Å²) in [5.74, 6) is 0.0684. The molecule has 1 aliphatic rings. The molecule has 1 saturated heterocycles. The number of rotatable bonds is 5. The lowest BCUT2D eigenvalue weighted by atomic mass is 9.81. The first-order valence-corrected chi connectivity index (χ1v) is 6.68. The lowest BCUT2D eigenvalue weighted by Gasteiger charge is -2.42. The fourth-order valence-electron chi connectivity index (χ4n) is 2.33. The molecule has 0 aromatic rings. The fraction of sp³-hybridized carbons (Fsp3) is 0.923. The Hall–Kier alpha value is -0.650. The molecule has 2 unspecified atom stereocenters. The van der Waals surface area contributed by atoms with E-state index in [1.165, 1.54) is 0 Å². The van der Waals surface area contributed by atoms with Gasteiger partial charge in [-0.1, -0.05) is 13.8 Å². The van der Waals surface area contributed by atoms with E-state index in [4.69, 9.17) is 10.5 Å². The highest BCUT2D eigenvalue weighted by atomic mass is 16.5. The Morgan fingerprint density at radius 2 is 2.28 bits per heavy atom. The van der Waals surface area contributed by atoms with Gasteiger partial charge in [0.25, 0.3) is 0 Å². The molecule has 0 aliphatic carbocycles. The minimum Gasteiger partial charge on any atom is -0.392 e. The van der Waals surface area contributed by atoms with Gasteiger partial charge in [0.15, 0.2) is 0 Å². The molecule has 1 amide bonds. The Balaban J connectivity index is 2.52. The molecule has 5 nitrogen and oxygen atoms in total. The highest BCUT2D eigenvalue weighted by Gasteiger charge is 2.36. The zero-order valence-electron chi connectivity index (χ0n) is 11.7. The number of nitrogens with zero attached hydrogens (tertiary/aromatic N) is 1. The minimum atomic E-state index is -0.334. The third-order valence-electron chi connectivity index (χ3n) is 3.59. The number of aliphatic hydroxyl groups is 1. The van der Waals surface area contributed by atoms with Gasteiger partial charge in [-0.25, -0.2) is 0 Å². The van der Waals surface area contributed by atoms with E-state index < -0.39 is 0 Å². The van der Waals surface area contributed by atoms with Crippen molar-refractivity contribution >= 4 is 5.91 Å². The van der Waals surface area contributed by atoms with Crippen LogP contribution in [0.1, 0.15) is 33.6 Å². The van der Waals surface area contributed by atoms with Crippen molar-refractivity contribution in [1.82, 2.24) is 4.90 Å². The molecule has 0 spiro atoms. The zero-order valence-corrected chi connectivity index (χ0v) is 11.7. The first kappa shape index (κ1) is 15.4. The lowest BCUT2D eigenvalue weighted by molar-refractivity contribution is -0.140. The van der Waals surface area contributed by atoms with Crippen LogP contribution in [0.15, 0.2) is 0 Å². The molecule has 3 N–H and O–H groups in total. The summed E-state index contributed by atoms with van der Waals surface area (Å²) < 4.78 is 5.40. The maximum absolute atomic E-state index is 12.1. The zero-order chi connectivity index (χ0) is 13.8. The summed E-state index contributed by atoms with van der Waals surface area (Å²) in [5.41, 5.74) is 5.34. The lowest BCUT2D eigenvalue weighted by Crippen LogP contribution is -2.51. The molecular formula is C13H26N2O3. The smallest absolute Gasteiger partial charge is 0.225 e. The van der Waals surface area contributed by atoms with Gasteiger partial charge in [-0.05, 0) is 13.3 Å². The maximum atomic E-state index is 12.1. The summed E-state index contributed by atoms with van der Waals surface area (Å²) in [6.07, 6.45) is 0.438. The monoisotopic (exact) mass is 258 g/mol. The molecular weight excluding hydrogens is 232 g/mol. The number of nitrogens with two attached hydrogens (primary N) is 1. The van der Waals surface area contributed by atoms with Gasteiger partial charge in [0.2, 0.25) is 5.91 Å². The van der Waals surface area contributed by atoms with Crippen LogP contribution < -0.4 is 5.73 Å². The van der Waals surface area contributed by atoms with Gasteiger partial charge in [0.1, 0.15) is 0 Å². The molecule has 18 heavy (non-hydrogen) atoms. The summed E-state index contributed by atoms with van der Waals surface area (Å²) in [7, 11) is 0. The highest BCUT2D eigenvalue weighted by molar-refractivity contribution is 5.77. The summed E-state index contributed by atoms with van der Waals surface area (Å²) >= 11 is 0. The topological polar surface area (TPSA) is 75.8 Å². The quantitative estimate of drug-likeness (QED) is 0.746. The van der Waals surface area contributed by atoms with Crippen molar-refractivity contribution in [2.75, 3.05) is 26.2 Å². The number of hydrogen-bond donors (Lipinski definition) is 2. The Bertz CT molecular complexity index is 281. The van der Waals surface area contributed by atoms with Crippen LogP contribution in [0, 0.1) is 5.41 Å². The van der Waals surface area contributed by atoms with E-state index in [0.29, 0.717) is 39.1 Å². The number of carbonyl (C=O) groups excluding carboxylic acids is 1. The van der Waals surface area contributed by atoms with Gasteiger partial charge in [-0.3, -0.25) is 4.79 Å². The number of piperidine rings is 1. The second-order valence-electron chi connectivity index (χ2n) is 5.63. The van der Waals surface area contributed by atoms with Crippen molar-refractivity contribution < 1.29 is 14.6 Å². The van der Waals surface area contributed by atoms with E-state index in [9.17, 15) is 9.90 Å². The summed E-state index contributed by atoms with van der Waals surface area (Å²) in [5, 5.41) is 9.87. The predicted molar refractivity (Wildman–Crippen MR) is 70.1 cm³/mol. The molecule has 1 aliphatic heterocycles. The minimum absolute atomic E-state index is 0.0684. The highest BCUT2D eigenvalue weighted by Crippen LogP contribution is 2.29. The Morgan fingerprint density at radius 1 is 1.61 bits per heavy atom. The van der Waals surface area contributed by atoms with E-state index in [1.54, 1.807) is 0 Å². The van der Waals surface area contributed by atoms with Crippen LogP contribution in [0.5, 0.6) is 0 Å². The molecule has 2 atom stereocenters. The van der Waals surface area contributed by atoms with Gasteiger partial charge in [-0.15, -0.1) is 0 Å². The molecule has 1 fully saturated rings. The van der Waals surface area contributed by atoms with Crippen LogP contribution in [0.3, 0.4) is 0 Å². The fourth-order valence-corrected chi connectivity index (χ4v) is 2.33. The first-order chi connectivity index (χ1) is 8.40. The largest absolute Gasteiger partial charge is 0.392 e. The molecule has 0 bridgehead atoms. The van der Waals surface area contributed by atoms with Crippen LogP contribution in [-0.2, 0) is 9.53 Å². The SMILES string of the molecule is CCOC(CN)CC(=O)N1CCC(O)C(C)(C)C1. The number of carbonyl (C=O) groups is 1. The van der Waals surface area contributed by atoms with E-state index in [0.717, 1.165) is 0 Å². The van der Waals surface area contributed by atoms with Crippen molar-refractivity contribution in [1.29, 1.82) is 0 Å². The Kier molecular flexibility index (Phi) is 5.56. The number of amides is 1. The standard InChI is InChI=1S/C13H26N2O3/c1-4-18-10(8-14)7-12(17)15-6-5-11(16)13(2,3)9-15/h10-11,16H,4-9,14H2,1-3H3. The third kappa shape index (κ3) is 3.93. The van der Waals surface area contributed by atoms with Crippen molar-refractivity contribution in [2.45, 2.75) is 45.8 Å². The van der Waals surface area contributed by atoms with E-state index in [1.807, 2.05) is 25.7 Å². The third-order valence-corrected chi connectivity index (χ3v) is 3.59. The predicted octanol–water partition coefficient (Wildman–Crippen LogP) is 0.360. The van der Waals surface area contributed by atoms with Crippen LogP contribution in [0.4, 0.5) is 0 Å². The molecule has 0 radical (unpaired) electrons. The molecule has 0 saturated carbocycles. The van der Waals surface area contributed by atoms with Crippen LogP contribution >= 0.6 is 0 Å². The average Bonchev–Trinajstić information content (AvgIpc) is 2.31. The Labute approximate surface area is 109 Å². The molecule has 0 aromatic heterocycles. The van der Waals surface area contributed by atoms with E-state index in [2.05, 4.69) is 0 Å². The van der Waals surface area contributed by atoms with E-state index >= 15 is 0 Å². The number of aliphatic hydroxyl groups excluding tert-OH is 1. The van der Waals surface area contributed by atoms with Crippen molar-refractivity contribution in [3.63, 3.8) is 0 Å². The van der Waals surface area contributed by atoms with Crippen LogP contribution in [0.2, 0.25) is 0 Å². The van der Waals surface area contributed by atoms with E-state index in [-0.39, 0.29) is 23.5 Å². The van der Waals surface area contributed by atoms with Crippen LogP contribution in [0.25, 0.3) is 0 Å². The van der Waals surface area contributed by atoms with Gasteiger partial charge < -0.3 is 20.5 Å². The summed E-state index contributed by atoms with van der Waals surface area (Å²) in [6.45, 7) is 8.01. The normalized spacial score (nSPS) is 24.9. The van der Waals surface area contributed by atoms with Gasteiger partial charge in [0, 0.05) is 31.7 Å². The number of hydrogen-bond acceptors (Lipinski definition) is 4. The first-order valence-electron chi connectivity index (χ1n) is 6.68. The van der Waals surface area contributed by atoms with Gasteiger partial charge in [-0.2, -0.15) is 0 Å². The van der Waals surface area contributed by atoms with Crippen molar-refractivity contribution in [3.05, 3.63) is 0 Å². The number of likely N-dealkylation sites (tertiary alicyclic amines) is 1. The second-order valence-corrected chi connectivity index (χ2v) is 5.63. The van der Waals surface area contributed by atoms with Gasteiger partial charge >= 0.3 is 0 Å². The Morgan fingerprint density at radius 3 is 2.78 bits per heavy atom. The van der Waals surface area contributed by atoms with Gasteiger partial charge in [0.05, 0.1) is 18.6 Å². The summed E-state index contributed by atoms with van der Waals surface area (Å²) in [4.78, 5) is 14.0. The number of ether oxygens (including phenoxy) is 1. The molecule has 0 aromatic carbocycles. The van der Waals surface area contributed by atoms with Crippen molar-refractivity contribution in [3.8, 4) is 0 Å². The average molecular weight is 258 g/mol. The molecule has 106 valence electrons. The van der Waals surface area contributed by atoms with Crippen molar-refractivity contribution in [2.24, 2.45) is 11.1 Å².